The highest BCUT2D eigenvalue weighted by molar-refractivity contribution is 4.91. The molecule has 0 bridgehead atoms. The molecule has 1 rings (SSSR count). The topological polar surface area (TPSA) is 99.4 Å². The van der Waals surface area contributed by atoms with Crippen molar-refractivity contribution in [2.75, 3.05) is 19.8 Å². The molecule has 1 aliphatic heterocycles. The molecule has 6 nitrogen and oxygen atoms in total. The minimum Gasteiger partial charge on any atom is -0.388 e. The highest BCUT2D eigenvalue weighted by Crippen LogP contribution is 2.24. The molecule has 0 saturated carbocycles. The standard InChI is InChI=1S/C9H18O6/c1-2-3-14-5-9(13)8(12)7(11)6(10)4-15-9/h6-8,10-13H,2-5H2,1H3/t6-,7-,8+,9-/m1/s1. The van der Waals surface area contributed by atoms with Crippen LogP contribution in [0.3, 0.4) is 0 Å². The Morgan fingerprint density at radius 2 is 2.07 bits per heavy atom. The SMILES string of the molecule is CCCOC[C@@]1(O)OC[C@@H](O)[C@@H](O)[C@@H]1O. The van der Waals surface area contributed by atoms with E-state index in [0.29, 0.717) is 6.61 Å². The van der Waals surface area contributed by atoms with Gasteiger partial charge in [0.05, 0.1) is 6.61 Å². The maximum atomic E-state index is 9.79. The van der Waals surface area contributed by atoms with Gasteiger partial charge in [0.15, 0.2) is 0 Å². The summed E-state index contributed by atoms with van der Waals surface area (Å²) in [7, 11) is 0. The fourth-order valence-corrected chi connectivity index (χ4v) is 1.38. The molecule has 0 aromatic carbocycles. The number of ether oxygens (including phenoxy) is 2. The molecule has 0 unspecified atom stereocenters. The molecule has 6 heteroatoms. The first-order valence-electron chi connectivity index (χ1n) is 4.99. The van der Waals surface area contributed by atoms with Crippen molar-refractivity contribution in [2.45, 2.75) is 37.4 Å². The van der Waals surface area contributed by atoms with E-state index in [-0.39, 0.29) is 13.2 Å². The van der Waals surface area contributed by atoms with Crippen LogP contribution >= 0.6 is 0 Å². The Bertz CT molecular complexity index is 199. The van der Waals surface area contributed by atoms with Gasteiger partial charge >= 0.3 is 0 Å². The van der Waals surface area contributed by atoms with Gasteiger partial charge in [-0.3, -0.25) is 0 Å². The lowest BCUT2D eigenvalue weighted by Gasteiger charge is -2.41. The maximum Gasteiger partial charge on any atom is 0.219 e. The second-order valence-electron chi connectivity index (χ2n) is 3.71. The van der Waals surface area contributed by atoms with E-state index in [1.807, 2.05) is 6.92 Å². The average Bonchev–Trinajstić information content (AvgIpc) is 2.22. The Kier molecular flexibility index (Phi) is 4.45. The van der Waals surface area contributed by atoms with E-state index in [1.165, 1.54) is 0 Å². The number of hydrogen-bond donors (Lipinski definition) is 4. The van der Waals surface area contributed by atoms with Crippen LogP contribution in [-0.4, -0.2) is 64.3 Å². The van der Waals surface area contributed by atoms with Crippen LogP contribution in [0.4, 0.5) is 0 Å². The molecule has 4 atom stereocenters. The zero-order chi connectivity index (χ0) is 11.5. The van der Waals surface area contributed by atoms with Crippen molar-refractivity contribution in [1.82, 2.24) is 0 Å². The van der Waals surface area contributed by atoms with E-state index in [1.54, 1.807) is 0 Å². The third-order valence-corrected chi connectivity index (χ3v) is 2.34. The smallest absolute Gasteiger partial charge is 0.219 e. The van der Waals surface area contributed by atoms with Gasteiger partial charge in [-0.1, -0.05) is 6.92 Å². The van der Waals surface area contributed by atoms with Gasteiger partial charge in [0, 0.05) is 6.61 Å². The van der Waals surface area contributed by atoms with Gasteiger partial charge in [0.1, 0.15) is 24.9 Å². The number of aliphatic hydroxyl groups is 4. The van der Waals surface area contributed by atoms with Gasteiger partial charge in [-0.2, -0.15) is 0 Å². The third-order valence-electron chi connectivity index (χ3n) is 2.34. The van der Waals surface area contributed by atoms with Crippen LogP contribution in [-0.2, 0) is 9.47 Å². The van der Waals surface area contributed by atoms with Gasteiger partial charge in [-0.15, -0.1) is 0 Å². The summed E-state index contributed by atoms with van der Waals surface area (Å²) in [4.78, 5) is 0. The van der Waals surface area contributed by atoms with Gasteiger partial charge in [-0.25, -0.2) is 0 Å². The maximum absolute atomic E-state index is 9.79. The quantitative estimate of drug-likeness (QED) is 0.419. The minimum atomic E-state index is -1.94. The summed E-state index contributed by atoms with van der Waals surface area (Å²) in [5.41, 5.74) is 0. The summed E-state index contributed by atoms with van der Waals surface area (Å²) in [6, 6.07) is 0. The predicted molar refractivity (Wildman–Crippen MR) is 50.0 cm³/mol. The summed E-state index contributed by atoms with van der Waals surface area (Å²) < 4.78 is 9.93. The van der Waals surface area contributed by atoms with Crippen LogP contribution in [0.25, 0.3) is 0 Å². The van der Waals surface area contributed by atoms with E-state index in [0.717, 1.165) is 6.42 Å². The molecule has 0 aliphatic carbocycles. The molecule has 1 saturated heterocycles. The number of hydrogen-bond acceptors (Lipinski definition) is 6. The van der Waals surface area contributed by atoms with E-state index in [2.05, 4.69) is 0 Å². The highest BCUT2D eigenvalue weighted by atomic mass is 16.7. The van der Waals surface area contributed by atoms with Crippen molar-refractivity contribution in [2.24, 2.45) is 0 Å². The second-order valence-corrected chi connectivity index (χ2v) is 3.71. The van der Waals surface area contributed by atoms with E-state index >= 15 is 0 Å². The Hall–Kier alpha value is -0.240. The number of aliphatic hydroxyl groups excluding tert-OH is 3. The first-order chi connectivity index (χ1) is 7.01. The Morgan fingerprint density at radius 1 is 1.40 bits per heavy atom. The molecule has 0 radical (unpaired) electrons. The zero-order valence-electron chi connectivity index (χ0n) is 8.67. The molecule has 0 aromatic heterocycles. The van der Waals surface area contributed by atoms with Crippen LogP contribution in [0.1, 0.15) is 13.3 Å². The normalized spacial score (nSPS) is 41.8. The van der Waals surface area contributed by atoms with E-state index in [9.17, 15) is 15.3 Å². The lowest BCUT2D eigenvalue weighted by molar-refractivity contribution is -0.335. The highest BCUT2D eigenvalue weighted by Gasteiger charge is 2.48. The molecule has 90 valence electrons. The third kappa shape index (κ3) is 2.87. The van der Waals surface area contributed by atoms with Crippen molar-refractivity contribution < 1.29 is 29.9 Å². The van der Waals surface area contributed by atoms with Crippen molar-refractivity contribution in [3.05, 3.63) is 0 Å². The second kappa shape index (κ2) is 5.20. The summed E-state index contributed by atoms with van der Waals surface area (Å²) in [5.74, 6) is -1.94. The molecule has 0 aromatic rings. The molecule has 1 aliphatic rings. The molecule has 0 amide bonds. The van der Waals surface area contributed by atoms with Crippen molar-refractivity contribution >= 4 is 0 Å². The summed E-state index contributed by atoms with van der Waals surface area (Å²) in [6.07, 6.45) is -3.41. The van der Waals surface area contributed by atoms with Crippen LogP contribution in [0.2, 0.25) is 0 Å². The molecule has 1 heterocycles. The fraction of sp³-hybridized carbons (Fsp3) is 1.00. The van der Waals surface area contributed by atoms with Crippen LogP contribution in [0.5, 0.6) is 0 Å². The van der Waals surface area contributed by atoms with Crippen LogP contribution in [0, 0.1) is 0 Å². The lowest BCUT2D eigenvalue weighted by atomic mass is 9.97. The summed E-state index contributed by atoms with van der Waals surface area (Å²) >= 11 is 0. The molecule has 0 spiro atoms. The fourth-order valence-electron chi connectivity index (χ4n) is 1.38. The molecule has 4 N–H and O–H groups in total. The summed E-state index contributed by atoms with van der Waals surface area (Å²) in [5, 5.41) is 37.8. The van der Waals surface area contributed by atoms with Gasteiger partial charge in [-0.05, 0) is 6.42 Å². The largest absolute Gasteiger partial charge is 0.388 e. The Labute approximate surface area is 88.1 Å². The first-order valence-corrected chi connectivity index (χ1v) is 4.99. The number of rotatable bonds is 4. The first kappa shape index (κ1) is 12.8. The van der Waals surface area contributed by atoms with Gasteiger partial charge in [0.2, 0.25) is 5.79 Å². The van der Waals surface area contributed by atoms with Crippen molar-refractivity contribution in [3.63, 3.8) is 0 Å². The molecular weight excluding hydrogens is 204 g/mol. The zero-order valence-corrected chi connectivity index (χ0v) is 8.67. The van der Waals surface area contributed by atoms with Crippen molar-refractivity contribution in [3.8, 4) is 0 Å². The van der Waals surface area contributed by atoms with Crippen LogP contribution in [0.15, 0.2) is 0 Å². The van der Waals surface area contributed by atoms with Crippen molar-refractivity contribution in [1.29, 1.82) is 0 Å². The Balaban J connectivity index is 2.51. The van der Waals surface area contributed by atoms with E-state index < -0.39 is 24.1 Å². The molecule has 1 fully saturated rings. The Morgan fingerprint density at radius 3 is 2.67 bits per heavy atom. The molecular formula is C9H18O6. The predicted octanol–water partition coefficient (Wildman–Crippen LogP) is -1.79. The van der Waals surface area contributed by atoms with Crippen LogP contribution < -0.4 is 0 Å². The monoisotopic (exact) mass is 222 g/mol. The van der Waals surface area contributed by atoms with E-state index in [4.69, 9.17) is 14.6 Å². The molecule has 15 heavy (non-hydrogen) atoms. The van der Waals surface area contributed by atoms with Gasteiger partial charge in [0.25, 0.3) is 0 Å². The summed E-state index contributed by atoms with van der Waals surface area (Å²) in [6.45, 7) is 1.87. The average molecular weight is 222 g/mol. The minimum absolute atomic E-state index is 0.230. The van der Waals surface area contributed by atoms with Gasteiger partial charge < -0.3 is 29.9 Å². The lowest BCUT2D eigenvalue weighted by Crippen LogP contribution is -2.62.